The van der Waals surface area contributed by atoms with Gasteiger partial charge >= 0.3 is 0 Å². The molecule has 1 aromatic carbocycles. The predicted octanol–water partition coefficient (Wildman–Crippen LogP) is -3.19. The maximum absolute atomic E-state index is 12.7. The van der Waals surface area contributed by atoms with Crippen molar-refractivity contribution >= 4 is 5.78 Å². The van der Waals surface area contributed by atoms with Gasteiger partial charge in [-0.15, -0.1) is 0 Å². The first-order chi connectivity index (χ1) is 19.4. The van der Waals surface area contributed by atoms with Gasteiger partial charge in [0.2, 0.25) is 0 Å². The van der Waals surface area contributed by atoms with Crippen molar-refractivity contribution in [2.75, 3.05) is 13.2 Å². The average molecular weight is 595 g/mol. The number of aliphatic hydroxyl groups excluding tert-OH is 11. The molecule has 4 rings (SSSR count). The van der Waals surface area contributed by atoms with Crippen molar-refractivity contribution in [3.63, 3.8) is 0 Å². The summed E-state index contributed by atoms with van der Waals surface area (Å²) in [6.07, 6.45) is -17.7. The fraction of sp³-hybridized carbons (Fsp3) is 0.500. The Balaban J connectivity index is 0.00000484. The lowest BCUT2D eigenvalue weighted by Gasteiger charge is -2.45. The Kier molecular flexibility index (Phi) is 11.0. The molecule has 2 heterocycles. The number of ether oxygens (including phenoxy) is 2. The van der Waals surface area contributed by atoms with Gasteiger partial charge in [-0.25, -0.2) is 0 Å². The van der Waals surface area contributed by atoms with Gasteiger partial charge in [0.25, 0.3) is 0 Å². The first-order valence-corrected chi connectivity index (χ1v) is 12.9. The summed E-state index contributed by atoms with van der Waals surface area (Å²) in [7, 11) is 0. The molecule has 1 aromatic rings. The molecule has 4 unspecified atom stereocenters. The van der Waals surface area contributed by atoms with Gasteiger partial charge in [0.15, 0.2) is 5.78 Å². The third-order valence-corrected chi connectivity index (χ3v) is 7.67. The van der Waals surface area contributed by atoms with Crippen LogP contribution < -0.4 is 0 Å². The lowest BCUT2D eigenvalue weighted by atomic mass is 9.76. The summed E-state index contributed by atoms with van der Waals surface area (Å²) >= 11 is 0. The second-order valence-electron chi connectivity index (χ2n) is 10.2. The van der Waals surface area contributed by atoms with Crippen molar-refractivity contribution < 1.29 is 70.4 Å². The number of hydrogen-bond acceptors (Lipinski definition) is 14. The van der Waals surface area contributed by atoms with Gasteiger partial charge < -0.3 is 65.6 Å². The molecule has 0 saturated carbocycles. The van der Waals surface area contributed by atoms with Gasteiger partial charge in [-0.05, 0) is 6.08 Å². The third kappa shape index (κ3) is 6.02. The van der Waals surface area contributed by atoms with Gasteiger partial charge in [-0.2, -0.15) is 0 Å². The fourth-order valence-electron chi connectivity index (χ4n) is 5.31. The van der Waals surface area contributed by atoms with Crippen LogP contribution >= 0.6 is 0 Å². The molecule has 14 nitrogen and oxygen atoms in total. The van der Waals surface area contributed by atoms with Crippen LogP contribution in [-0.4, -0.2) is 142 Å². The largest absolute Gasteiger partial charge is 0.511 e. The monoisotopic (exact) mass is 594 g/mol. The van der Waals surface area contributed by atoms with Crippen molar-refractivity contribution in [1.29, 1.82) is 0 Å². The molecule has 0 amide bonds. The topological polar surface area (TPSA) is 258 Å². The number of benzene rings is 1. The van der Waals surface area contributed by atoms with E-state index in [4.69, 9.17) is 9.47 Å². The summed E-state index contributed by atoms with van der Waals surface area (Å²) in [5.74, 6) is -3.93. The van der Waals surface area contributed by atoms with Crippen LogP contribution in [0, 0.1) is 13.3 Å². The minimum atomic E-state index is -1.99. The van der Waals surface area contributed by atoms with Gasteiger partial charge in [-0.3, -0.25) is 4.79 Å². The van der Waals surface area contributed by atoms with Crippen LogP contribution in [0.4, 0.5) is 0 Å². The zero-order valence-electron chi connectivity index (χ0n) is 22.0. The highest BCUT2D eigenvalue weighted by Gasteiger charge is 2.53. The molecule has 2 fully saturated rings. The van der Waals surface area contributed by atoms with Crippen molar-refractivity contribution in [3.05, 3.63) is 78.1 Å². The van der Waals surface area contributed by atoms with Crippen molar-refractivity contribution in [3.8, 4) is 0 Å². The third-order valence-electron chi connectivity index (χ3n) is 7.67. The van der Waals surface area contributed by atoms with E-state index in [0.29, 0.717) is 0 Å². The minimum Gasteiger partial charge on any atom is -0.511 e. The lowest BCUT2D eigenvalue weighted by Crippen LogP contribution is -2.61. The van der Waals surface area contributed by atoms with Crippen molar-refractivity contribution in [2.45, 2.75) is 67.1 Å². The van der Waals surface area contributed by atoms with E-state index in [1.807, 2.05) is 0 Å². The maximum atomic E-state index is 12.7. The summed E-state index contributed by atoms with van der Waals surface area (Å²) in [6, 6.07) is 7.95. The predicted molar refractivity (Wildman–Crippen MR) is 139 cm³/mol. The summed E-state index contributed by atoms with van der Waals surface area (Å²) in [5, 5.41) is 116. The summed E-state index contributed by atoms with van der Waals surface area (Å²) in [4.78, 5) is 12.7. The Labute approximate surface area is 241 Å². The molecule has 2 saturated heterocycles. The molecule has 14 heteroatoms. The quantitative estimate of drug-likeness (QED) is 0.110. The zero-order valence-corrected chi connectivity index (χ0v) is 22.0. The van der Waals surface area contributed by atoms with E-state index in [2.05, 4.69) is 0 Å². The average Bonchev–Trinajstić information content (AvgIpc) is 2.97. The molecule has 0 spiro atoms. The standard InChI is InChI=1S/C27H34O14.C/c28-8-13-19(33)22(36)24(38)26(40-13)15-17(31)11(6-7-12(30)10-4-2-1-3-5-10)18(32)16(21(15)35)27-25(39)23(37)20(34)14(9-29)41-27;/h1-7,11,13-14,17,19-20,22-29,31-39H,8-9H2;/b7-6+;/t11?,13-,14-,17?,19-,20-,22+,23+,24-,25-,26?,27?;/m1./s1. The number of aliphatic hydroxyl groups is 11. The van der Waals surface area contributed by atoms with Crippen LogP contribution in [0.3, 0.4) is 0 Å². The Morgan fingerprint density at radius 3 is 1.76 bits per heavy atom. The summed E-state index contributed by atoms with van der Waals surface area (Å²) < 4.78 is 11.0. The van der Waals surface area contributed by atoms with Gasteiger partial charge in [0.05, 0.1) is 30.8 Å². The minimum absolute atomic E-state index is 0. The molecule has 4 radical (unpaired) electrons. The van der Waals surface area contributed by atoms with E-state index in [1.54, 1.807) is 18.2 Å². The molecule has 0 aromatic heterocycles. The molecular weight excluding hydrogens is 560 g/mol. The van der Waals surface area contributed by atoms with Crippen LogP contribution in [0.15, 0.2) is 65.1 Å². The molecule has 42 heavy (non-hydrogen) atoms. The first kappa shape index (κ1) is 33.8. The molecule has 230 valence electrons. The SMILES string of the molecule is O=C(/C=C/C1C(O)=C(C2O[C@H](CO)[C@@H](O)[C@H](O)[C@H]2O)C(O)=C(C2O[C@H](CO)[C@@H](O)[C@H](O)[C@H]2O)C1O)c1ccccc1.[C]. The summed E-state index contributed by atoms with van der Waals surface area (Å²) in [5.41, 5.74) is -0.950. The zero-order chi connectivity index (χ0) is 30.2. The smallest absolute Gasteiger partial charge is 0.185 e. The highest BCUT2D eigenvalue weighted by atomic mass is 16.6. The molecule has 0 bridgehead atoms. The Hall–Kier alpha value is -2.73. The number of carbonyl (C=O) groups excluding carboxylic acids is 1. The highest BCUT2D eigenvalue weighted by molar-refractivity contribution is 6.04. The van der Waals surface area contributed by atoms with Crippen LogP contribution in [0.2, 0.25) is 0 Å². The van der Waals surface area contributed by atoms with Gasteiger partial charge in [-0.1, -0.05) is 36.4 Å². The molecule has 12 atom stereocenters. The van der Waals surface area contributed by atoms with Crippen molar-refractivity contribution in [2.24, 2.45) is 5.92 Å². The second-order valence-corrected chi connectivity index (χ2v) is 10.2. The van der Waals surface area contributed by atoms with Crippen LogP contribution in [0.5, 0.6) is 0 Å². The van der Waals surface area contributed by atoms with Gasteiger partial charge in [0, 0.05) is 18.6 Å². The highest BCUT2D eigenvalue weighted by Crippen LogP contribution is 2.42. The summed E-state index contributed by atoms with van der Waals surface area (Å²) in [6.45, 7) is -1.67. The fourth-order valence-corrected chi connectivity index (χ4v) is 5.31. The van der Waals surface area contributed by atoms with E-state index in [-0.39, 0.29) is 13.0 Å². The van der Waals surface area contributed by atoms with E-state index >= 15 is 0 Å². The van der Waals surface area contributed by atoms with Crippen molar-refractivity contribution in [1.82, 2.24) is 0 Å². The number of rotatable bonds is 7. The number of ketones is 1. The Bertz CT molecular complexity index is 1180. The normalized spacial score (nSPS) is 39.4. The lowest BCUT2D eigenvalue weighted by molar-refractivity contribution is -0.225. The van der Waals surface area contributed by atoms with Crippen LogP contribution in [0.25, 0.3) is 0 Å². The van der Waals surface area contributed by atoms with Crippen LogP contribution in [-0.2, 0) is 9.47 Å². The van der Waals surface area contributed by atoms with E-state index in [0.717, 1.165) is 12.2 Å². The van der Waals surface area contributed by atoms with E-state index < -0.39 is 115 Å². The van der Waals surface area contributed by atoms with Crippen LogP contribution in [0.1, 0.15) is 10.4 Å². The van der Waals surface area contributed by atoms with E-state index in [9.17, 15) is 61.0 Å². The molecule has 1 aliphatic carbocycles. The molecule has 2 aliphatic heterocycles. The van der Waals surface area contributed by atoms with E-state index in [1.165, 1.54) is 12.1 Å². The molecule has 3 aliphatic rings. The number of hydrogen-bond donors (Lipinski definition) is 11. The number of allylic oxidation sites excluding steroid dienone is 1. The molecule has 11 N–H and O–H groups in total. The second kappa shape index (κ2) is 13.7. The van der Waals surface area contributed by atoms with Gasteiger partial charge in [0.1, 0.15) is 72.6 Å². The Morgan fingerprint density at radius 1 is 0.738 bits per heavy atom. The first-order valence-electron chi connectivity index (χ1n) is 12.9. The Morgan fingerprint density at radius 2 is 1.24 bits per heavy atom. The number of carbonyl (C=O) groups is 1. The molecular formula is C28H34O14. The maximum Gasteiger partial charge on any atom is 0.185 e.